The first-order valence-corrected chi connectivity index (χ1v) is 3.84. The highest BCUT2D eigenvalue weighted by Gasteiger charge is 2.50. The highest BCUT2D eigenvalue weighted by molar-refractivity contribution is 5.04. The zero-order chi connectivity index (χ0) is 10.1. The molecule has 74 valence electrons. The summed E-state index contributed by atoms with van der Waals surface area (Å²) in [6.45, 7) is -0.227. The number of rotatable bonds is 1. The summed E-state index contributed by atoms with van der Waals surface area (Å²) in [7, 11) is 0. The summed E-state index contributed by atoms with van der Waals surface area (Å²) in [4.78, 5) is 0. The second-order valence-corrected chi connectivity index (χ2v) is 3.07. The summed E-state index contributed by atoms with van der Waals surface area (Å²) >= 11 is 0. The molecule has 1 saturated heterocycles. The molecule has 1 aliphatic rings. The minimum Gasteiger partial charge on any atom is -0.388 e. The van der Waals surface area contributed by atoms with Crippen LogP contribution >= 0.6 is 0 Å². The zero-order valence-electron chi connectivity index (χ0n) is 6.92. The molecule has 0 aromatic heterocycles. The van der Waals surface area contributed by atoms with Crippen LogP contribution < -0.4 is 0 Å². The summed E-state index contributed by atoms with van der Waals surface area (Å²) < 4.78 is 4.63. The lowest BCUT2D eigenvalue weighted by atomic mass is 9.87. The Labute approximate surface area is 75.6 Å². The lowest BCUT2D eigenvalue weighted by Gasteiger charge is -2.41. The van der Waals surface area contributed by atoms with Gasteiger partial charge in [-0.05, 0) is 0 Å². The van der Waals surface area contributed by atoms with Gasteiger partial charge in [0.1, 0.15) is 12.2 Å². The molecule has 0 bridgehead atoms. The van der Waals surface area contributed by atoms with Crippen molar-refractivity contribution in [3.63, 3.8) is 0 Å². The molecular weight excluding hydrogens is 176 g/mol. The summed E-state index contributed by atoms with van der Waals surface area (Å²) in [5.41, 5.74) is -1.98. The Morgan fingerprint density at radius 1 is 1.46 bits per heavy atom. The lowest BCUT2D eigenvalue weighted by Crippen LogP contribution is -2.62. The fourth-order valence-electron chi connectivity index (χ4n) is 1.26. The van der Waals surface area contributed by atoms with E-state index in [2.05, 4.69) is 10.7 Å². The van der Waals surface area contributed by atoms with Gasteiger partial charge in [0.25, 0.3) is 0 Å². The van der Waals surface area contributed by atoms with Gasteiger partial charge in [-0.3, -0.25) is 0 Å². The van der Waals surface area contributed by atoms with Crippen molar-refractivity contribution in [2.45, 2.75) is 30.5 Å². The van der Waals surface area contributed by atoms with Gasteiger partial charge in [-0.1, -0.05) is 0 Å². The molecule has 1 aliphatic heterocycles. The second-order valence-electron chi connectivity index (χ2n) is 3.07. The van der Waals surface area contributed by atoms with E-state index in [0.29, 0.717) is 0 Å². The molecule has 5 heteroatoms. The zero-order valence-corrected chi connectivity index (χ0v) is 6.92. The van der Waals surface area contributed by atoms with E-state index in [9.17, 15) is 15.3 Å². The molecule has 0 amide bonds. The van der Waals surface area contributed by atoms with Gasteiger partial charge < -0.3 is 25.2 Å². The predicted octanol–water partition coefficient (Wildman–Crippen LogP) is -2.19. The van der Waals surface area contributed by atoms with E-state index in [0.717, 1.165) is 0 Å². The summed E-state index contributed by atoms with van der Waals surface area (Å²) in [5.74, 6) is 2.10. The van der Waals surface area contributed by atoms with E-state index in [-0.39, 0.29) is 13.0 Å². The first kappa shape index (κ1) is 10.4. The fourth-order valence-corrected chi connectivity index (χ4v) is 1.26. The SMILES string of the molecule is C#CC[C@]1(O)C(O)OC[C@@H](O)[C@@H]1O. The van der Waals surface area contributed by atoms with Crippen LogP contribution in [0.5, 0.6) is 0 Å². The van der Waals surface area contributed by atoms with Crippen LogP contribution in [0.4, 0.5) is 0 Å². The Kier molecular flexibility index (Phi) is 2.91. The van der Waals surface area contributed by atoms with Gasteiger partial charge in [0.2, 0.25) is 0 Å². The smallest absolute Gasteiger partial charge is 0.187 e. The van der Waals surface area contributed by atoms with Crippen LogP contribution in [0.2, 0.25) is 0 Å². The van der Waals surface area contributed by atoms with Crippen molar-refractivity contribution in [2.75, 3.05) is 6.61 Å². The molecular formula is C8H12O5. The Morgan fingerprint density at radius 2 is 2.08 bits per heavy atom. The third kappa shape index (κ3) is 1.68. The Hall–Kier alpha value is -0.640. The van der Waals surface area contributed by atoms with Crippen molar-refractivity contribution in [2.24, 2.45) is 0 Å². The number of hydrogen-bond donors (Lipinski definition) is 4. The minimum absolute atomic E-state index is 0.227. The van der Waals surface area contributed by atoms with Crippen LogP contribution in [-0.2, 0) is 4.74 Å². The third-order valence-electron chi connectivity index (χ3n) is 2.11. The molecule has 5 nitrogen and oxygen atoms in total. The Bertz CT molecular complexity index is 223. The Morgan fingerprint density at radius 3 is 2.62 bits per heavy atom. The highest BCUT2D eigenvalue weighted by atomic mass is 16.6. The topological polar surface area (TPSA) is 90.2 Å². The van der Waals surface area contributed by atoms with Crippen LogP contribution in [0.3, 0.4) is 0 Å². The molecule has 1 heterocycles. The van der Waals surface area contributed by atoms with E-state index >= 15 is 0 Å². The van der Waals surface area contributed by atoms with Crippen LogP contribution in [-0.4, -0.2) is 51.1 Å². The number of ether oxygens (including phenoxy) is 1. The lowest BCUT2D eigenvalue weighted by molar-refractivity contribution is -0.300. The average Bonchev–Trinajstić information content (AvgIpc) is 2.10. The van der Waals surface area contributed by atoms with Gasteiger partial charge in [-0.2, -0.15) is 0 Å². The monoisotopic (exact) mass is 188 g/mol. The van der Waals surface area contributed by atoms with Crippen molar-refractivity contribution in [1.82, 2.24) is 0 Å². The van der Waals surface area contributed by atoms with Crippen LogP contribution in [0, 0.1) is 12.3 Å². The van der Waals surface area contributed by atoms with Gasteiger partial charge in [-0.25, -0.2) is 0 Å². The Balaban J connectivity index is 2.83. The first-order valence-electron chi connectivity index (χ1n) is 3.84. The third-order valence-corrected chi connectivity index (χ3v) is 2.11. The van der Waals surface area contributed by atoms with E-state index in [4.69, 9.17) is 11.5 Å². The number of hydrogen-bond acceptors (Lipinski definition) is 5. The van der Waals surface area contributed by atoms with Crippen LogP contribution in [0.15, 0.2) is 0 Å². The molecule has 13 heavy (non-hydrogen) atoms. The van der Waals surface area contributed by atoms with E-state index < -0.39 is 24.1 Å². The summed E-state index contributed by atoms with van der Waals surface area (Å²) in [6, 6.07) is 0. The number of aliphatic hydroxyl groups is 4. The molecule has 4 atom stereocenters. The molecule has 0 aromatic carbocycles. The first-order chi connectivity index (χ1) is 6.02. The number of aliphatic hydroxyl groups excluding tert-OH is 3. The van der Waals surface area contributed by atoms with Gasteiger partial charge in [0, 0.05) is 6.42 Å². The predicted molar refractivity (Wildman–Crippen MR) is 42.4 cm³/mol. The maximum absolute atomic E-state index is 9.65. The van der Waals surface area contributed by atoms with Gasteiger partial charge in [-0.15, -0.1) is 12.3 Å². The summed E-state index contributed by atoms with van der Waals surface area (Å²) in [5, 5.41) is 37.4. The molecule has 1 fully saturated rings. The van der Waals surface area contributed by atoms with Gasteiger partial charge in [0.05, 0.1) is 6.61 Å². The van der Waals surface area contributed by atoms with Crippen LogP contribution in [0.25, 0.3) is 0 Å². The molecule has 0 aromatic rings. The van der Waals surface area contributed by atoms with E-state index in [1.807, 2.05) is 0 Å². The van der Waals surface area contributed by atoms with Crippen molar-refractivity contribution in [3.05, 3.63) is 0 Å². The molecule has 0 aliphatic carbocycles. The second kappa shape index (κ2) is 3.62. The molecule has 0 radical (unpaired) electrons. The van der Waals surface area contributed by atoms with Crippen LogP contribution in [0.1, 0.15) is 6.42 Å². The van der Waals surface area contributed by atoms with Gasteiger partial charge >= 0.3 is 0 Å². The molecule has 0 saturated carbocycles. The van der Waals surface area contributed by atoms with E-state index in [1.54, 1.807) is 0 Å². The van der Waals surface area contributed by atoms with Crippen molar-refractivity contribution < 1.29 is 25.2 Å². The molecule has 1 rings (SSSR count). The maximum atomic E-state index is 9.65. The average molecular weight is 188 g/mol. The van der Waals surface area contributed by atoms with Crippen molar-refractivity contribution in [3.8, 4) is 12.3 Å². The quantitative estimate of drug-likeness (QED) is 0.351. The minimum atomic E-state index is -1.98. The normalized spacial score (nSPS) is 45.6. The number of terminal acetylenes is 1. The maximum Gasteiger partial charge on any atom is 0.187 e. The summed E-state index contributed by atoms with van der Waals surface area (Å²) in [6.07, 6.45) is 0.364. The molecule has 0 spiro atoms. The van der Waals surface area contributed by atoms with E-state index in [1.165, 1.54) is 0 Å². The largest absolute Gasteiger partial charge is 0.388 e. The fraction of sp³-hybridized carbons (Fsp3) is 0.750. The van der Waals surface area contributed by atoms with Crippen molar-refractivity contribution in [1.29, 1.82) is 0 Å². The molecule has 4 N–H and O–H groups in total. The van der Waals surface area contributed by atoms with Gasteiger partial charge in [0.15, 0.2) is 11.9 Å². The standard InChI is InChI=1S/C8H12O5/c1-2-3-8(12)6(10)5(9)4-13-7(8)11/h1,5-7,9-12H,3-4H2/t5-,6+,7?,8-/m1/s1. The molecule has 1 unspecified atom stereocenters. The van der Waals surface area contributed by atoms with Crippen molar-refractivity contribution >= 4 is 0 Å². The highest BCUT2D eigenvalue weighted by Crippen LogP contribution is 2.27.